The third kappa shape index (κ3) is 5.34. The first-order valence-electron chi connectivity index (χ1n) is 10.8. The molecule has 3 N–H and O–H groups in total. The van der Waals surface area contributed by atoms with Gasteiger partial charge in [-0.05, 0) is 35.9 Å². The standard InChI is InChI=1S/C23H22ClF3N4O5/c1-35-20(33)29-15-5-2-13(3-6-15)19(23(25,26)27)28-11-18(32)31-9-8-22(12-31)16-10-14(24)4-7-17(16)30-21(34)36-22/h2-7,10,19,28H,8-9,11-12H2,1H3,(H,29,33)(H,30,34)/t19?,22-/m0/s1. The third-order valence-electron chi connectivity index (χ3n) is 6.04. The van der Waals surface area contributed by atoms with Crippen molar-refractivity contribution in [1.29, 1.82) is 0 Å². The van der Waals surface area contributed by atoms with E-state index in [1.807, 2.05) is 0 Å². The number of fused-ring (bicyclic) bond motifs is 2. The van der Waals surface area contributed by atoms with Crippen LogP contribution in [0.2, 0.25) is 5.02 Å². The SMILES string of the molecule is COC(=O)Nc1ccc(C(NCC(=O)N2CC[C@@]3(C2)OC(=O)Nc2ccc(Cl)cc23)C(F)(F)F)cc1. The van der Waals surface area contributed by atoms with Gasteiger partial charge in [0.1, 0.15) is 6.04 Å². The number of benzene rings is 2. The average molecular weight is 527 g/mol. The fourth-order valence-electron chi connectivity index (χ4n) is 4.32. The predicted molar refractivity (Wildman–Crippen MR) is 124 cm³/mol. The first-order chi connectivity index (χ1) is 17.0. The minimum absolute atomic E-state index is 0.0150. The van der Waals surface area contributed by atoms with Crippen LogP contribution in [0.1, 0.15) is 23.6 Å². The Bertz CT molecular complexity index is 1180. The number of rotatable bonds is 5. The van der Waals surface area contributed by atoms with Crippen LogP contribution >= 0.6 is 11.6 Å². The maximum atomic E-state index is 13.8. The summed E-state index contributed by atoms with van der Waals surface area (Å²) in [5, 5.41) is 7.64. The number of halogens is 4. The monoisotopic (exact) mass is 526 g/mol. The highest BCUT2D eigenvalue weighted by molar-refractivity contribution is 6.30. The molecule has 36 heavy (non-hydrogen) atoms. The van der Waals surface area contributed by atoms with E-state index >= 15 is 0 Å². The Morgan fingerprint density at radius 3 is 2.64 bits per heavy atom. The van der Waals surface area contributed by atoms with Gasteiger partial charge in [-0.3, -0.25) is 20.7 Å². The van der Waals surface area contributed by atoms with E-state index in [0.717, 1.165) is 7.11 Å². The molecule has 2 aromatic rings. The maximum absolute atomic E-state index is 13.8. The summed E-state index contributed by atoms with van der Waals surface area (Å²) >= 11 is 6.11. The summed E-state index contributed by atoms with van der Waals surface area (Å²) in [5.74, 6) is -0.580. The van der Waals surface area contributed by atoms with Gasteiger partial charge >= 0.3 is 18.4 Å². The number of likely N-dealkylation sites (tertiary alicyclic amines) is 1. The van der Waals surface area contributed by atoms with Gasteiger partial charge in [0, 0.05) is 29.2 Å². The highest BCUT2D eigenvalue weighted by Gasteiger charge is 2.49. The van der Waals surface area contributed by atoms with Crippen LogP contribution < -0.4 is 16.0 Å². The molecule has 1 fully saturated rings. The molecule has 4 rings (SSSR count). The van der Waals surface area contributed by atoms with Crippen LogP contribution in [0.5, 0.6) is 0 Å². The van der Waals surface area contributed by atoms with Gasteiger partial charge < -0.3 is 14.4 Å². The molecular formula is C23H22ClF3N4O5. The van der Waals surface area contributed by atoms with Gasteiger partial charge in [-0.15, -0.1) is 0 Å². The first kappa shape index (κ1) is 25.6. The number of hydrogen-bond acceptors (Lipinski definition) is 6. The highest BCUT2D eigenvalue weighted by atomic mass is 35.5. The van der Waals surface area contributed by atoms with Crippen molar-refractivity contribution in [3.63, 3.8) is 0 Å². The molecule has 0 saturated carbocycles. The summed E-state index contributed by atoms with van der Waals surface area (Å²) in [6.07, 6.45) is -5.85. The molecule has 0 aliphatic carbocycles. The van der Waals surface area contributed by atoms with Crippen LogP contribution in [-0.4, -0.2) is 55.9 Å². The van der Waals surface area contributed by atoms with Gasteiger partial charge in [0.2, 0.25) is 5.91 Å². The van der Waals surface area contributed by atoms with Crippen molar-refractivity contribution in [3.05, 3.63) is 58.6 Å². The second kappa shape index (κ2) is 9.86. The molecule has 1 saturated heterocycles. The predicted octanol–water partition coefficient (Wildman–Crippen LogP) is 4.40. The van der Waals surface area contributed by atoms with E-state index in [1.54, 1.807) is 18.2 Å². The minimum Gasteiger partial charge on any atom is -0.453 e. The highest BCUT2D eigenvalue weighted by Crippen LogP contribution is 2.43. The van der Waals surface area contributed by atoms with Crippen LogP contribution in [0.4, 0.5) is 34.1 Å². The van der Waals surface area contributed by atoms with Crippen LogP contribution in [0.3, 0.4) is 0 Å². The van der Waals surface area contributed by atoms with E-state index in [0.29, 0.717) is 16.3 Å². The quantitative estimate of drug-likeness (QED) is 0.533. The zero-order valence-corrected chi connectivity index (χ0v) is 19.7. The van der Waals surface area contributed by atoms with Gasteiger partial charge in [0.05, 0.1) is 25.9 Å². The smallest absolute Gasteiger partial charge is 0.412 e. The number of hydrogen-bond donors (Lipinski definition) is 3. The Hall–Kier alpha value is -3.51. The molecule has 1 spiro atoms. The van der Waals surface area contributed by atoms with E-state index < -0.39 is 42.5 Å². The Morgan fingerprint density at radius 2 is 1.97 bits per heavy atom. The Labute approximate surface area is 208 Å². The fraction of sp³-hybridized carbons (Fsp3) is 0.348. The largest absolute Gasteiger partial charge is 0.453 e. The van der Waals surface area contributed by atoms with Crippen molar-refractivity contribution in [2.24, 2.45) is 0 Å². The van der Waals surface area contributed by atoms with E-state index in [-0.39, 0.29) is 30.8 Å². The number of anilines is 2. The van der Waals surface area contributed by atoms with Gasteiger partial charge in [0.25, 0.3) is 0 Å². The molecule has 3 amide bonds. The van der Waals surface area contributed by atoms with Crippen molar-refractivity contribution >= 4 is 41.1 Å². The molecule has 192 valence electrons. The summed E-state index contributed by atoms with van der Waals surface area (Å²) in [4.78, 5) is 37.6. The number of ether oxygens (including phenoxy) is 2. The average Bonchev–Trinajstić information content (AvgIpc) is 3.24. The third-order valence-corrected chi connectivity index (χ3v) is 6.28. The number of methoxy groups -OCH3 is 1. The Morgan fingerprint density at radius 1 is 1.25 bits per heavy atom. The first-order valence-corrected chi connectivity index (χ1v) is 11.2. The zero-order chi connectivity index (χ0) is 26.1. The van der Waals surface area contributed by atoms with Crippen LogP contribution in [0.15, 0.2) is 42.5 Å². The summed E-state index contributed by atoms with van der Waals surface area (Å²) < 4.78 is 51.3. The van der Waals surface area contributed by atoms with Crippen molar-refractivity contribution in [2.75, 3.05) is 37.4 Å². The van der Waals surface area contributed by atoms with E-state index in [9.17, 15) is 27.6 Å². The lowest BCUT2D eigenvalue weighted by atomic mass is 9.90. The van der Waals surface area contributed by atoms with Gasteiger partial charge in [-0.2, -0.15) is 13.2 Å². The lowest BCUT2D eigenvalue weighted by Crippen LogP contribution is -2.45. The Balaban J connectivity index is 1.45. The summed E-state index contributed by atoms with van der Waals surface area (Å²) in [5.41, 5.74) is 0.0859. The van der Waals surface area contributed by atoms with Crippen molar-refractivity contribution in [3.8, 4) is 0 Å². The molecule has 2 atom stereocenters. The number of nitrogens with zero attached hydrogens (tertiary/aromatic N) is 1. The molecule has 9 nitrogen and oxygen atoms in total. The van der Waals surface area contributed by atoms with Crippen molar-refractivity contribution in [2.45, 2.75) is 24.2 Å². The minimum atomic E-state index is -4.69. The number of carbonyl (C=O) groups is 3. The van der Waals surface area contributed by atoms with Gasteiger partial charge in [-0.1, -0.05) is 23.7 Å². The van der Waals surface area contributed by atoms with E-state index in [2.05, 4.69) is 20.7 Å². The van der Waals surface area contributed by atoms with Crippen LogP contribution in [0.25, 0.3) is 0 Å². The molecule has 2 heterocycles. The van der Waals surface area contributed by atoms with Crippen LogP contribution in [0, 0.1) is 0 Å². The number of alkyl halides is 3. The second-order valence-corrected chi connectivity index (χ2v) is 8.79. The molecule has 2 aliphatic rings. The van der Waals surface area contributed by atoms with Crippen molar-refractivity contribution in [1.82, 2.24) is 10.2 Å². The number of nitrogens with one attached hydrogen (secondary N) is 3. The van der Waals surface area contributed by atoms with E-state index in [1.165, 1.54) is 29.2 Å². The molecular weight excluding hydrogens is 505 g/mol. The molecule has 2 aliphatic heterocycles. The second-order valence-electron chi connectivity index (χ2n) is 8.36. The zero-order valence-electron chi connectivity index (χ0n) is 18.9. The molecule has 2 aromatic carbocycles. The molecule has 1 unspecified atom stereocenters. The van der Waals surface area contributed by atoms with E-state index in [4.69, 9.17) is 16.3 Å². The summed E-state index contributed by atoms with van der Waals surface area (Å²) in [6.45, 7) is -0.430. The summed E-state index contributed by atoms with van der Waals surface area (Å²) in [6, 6.07) is 7.74. The van der Waals surface area contributed by atoms with Crippen molar-refractivity contribution < 1.29 is 37.0 Å². The van der Waals surface area contributed by atoms with Crippen LogP contribution in [-0.2, 0) is 19.9 Å². The van der Waals surface area contributed by atoms with Gasteiger partial charge in [0.15, 0.2) is 5.60 Å². The normalized spacial score (nSPS) is 19.8. The molecule has 13 heteroatoms. The number of amides is 3. The molecule has 0 bridgehead atoms. The lowest BCUT2D eigenvalue weighted by molar-refractivity contribution is -0.159. The Kier molecular flexibility index (Phi) is 7.01. The lowest BCUT2D eigenvalue weighted by Gasteiger charge is -2.35. The number of carbonyl (C=O) groups excluding carboxylic acids is 3. The molecule has 0 aromatic heterocycles. The topological polar surface area (TPSA) is 109 Å². The molecule has 0 radical (unpaired) electrons. The maximum Gasteiger partial charge on any atom is 0.412 e. The fourth-order valence-corrected chi connectivity index (χ4v) is 4.49. The summed E-state index contributed by atoms with van der Waals surface area (Å²) in [7, 11) is 1.16. The van der Waals surface area contributed by atoms with Gasteiger partial charge in [-0.25, -0.2) is 9.59 Å².